The zero-order chi connectivity index (χ0) is 29.2. The van der Waals surface area contributed by atoms with Gasteiger partial charge in [0.25, 0.3) is 0 Å². The van der Waals surface area contributed by atoms with Gasteiger partial charge in [0.1, 0.15) is 5.75 Å². The van der Waals surface area contributed by atoms with Gasteiger partial charge < -0.3 is 14.0 Å². The number of carboxylic acids is 1. The maximum absolute atomic E-state index is 11.6. The van der Waals surface area contributed by atoms with E-state index >= 15 is 0 Å². The highest BCUT2D eigenvalue weighted by molar-refractivity contribution is 6.75. The Balaban J connectivity index is 1.60. The smallest absolute Gasteiger partial charge is 0.303 e. The zero-order valence-corrected chi connectivity index (χ0v) is 28.7. The van der Waals surface area contributed by atoms with Crippen molar-refractivity contribution in [1.82, 2.24) is 0 Å². The summed E-state index contributed by atoms with van der Waals surface area (Å²) in [6, 6.07) is 6.98. The molecule has 6 atom stereocenters. The third kappa shape index (κ3) is 5.81. The van der Waals surface area contributed by atoms with Crippen molar-refractivity contribution in [3.63, 3.8) is 0 Å². The van der Waals surface area contributed by atoms with E-state index in [-0.39, 0.29) is 28.0 Å². The van der Waals surface area contributed by atoms with Gasteiger partial charge in [-0.15, -0.1) is 0 Å². The van der Waals surface area contributed by atoms with Gasteiger partial charge in [-0.25, -0.2) is 0 Å². The van der Waals surface area contributed by atoms with Crippen LogP contribution >= 0.6 is 0 Å². The fraction of sp³-hybridized carbons (Fsp3) is 0.788. The Kier molecular flexibility index (Phi) is 8.15. The van der Waals surface area contributed by atoms with Crippen LogP contribution in [-0.2, 0) is 15.6 Å². The predicted molar refractivity (Wildman–Crippen MR) is 167 cm³/mol. The van der Waals surface area contributed by atoms with Gasteiger partial charge in [-0.05, 0) is 127 Å². The molecule has 1 N–H and O–H groups in total. The Morgan fingerprint density at radius 2 is 1.67 bits per heavy atom. The van der Waals surface area contributed by atoms with Crippen LogP contribution in [0.3, 0.4) is 0 Å². The molecule has 6 heteroatoms. The summed E-state index contributed by atoms with van der Waals surface area (Å²) in [4.78, 5) is 11.6. The summed E-state index contributed by atoms with van der Waals surface area (Å²) in [6.07, 6.45) is 6.99. The first-order valence-electron chi connectivity index (χ1n) is 15.5. The molecule has 220 valence electrons. The van der Waals surface area contributed by atoms with Crippen molar-refractivity contribution in [3.05, 3.63) is 29.3 Å². The van der Waals surface area contributed by atoms with E-state index in [1.54, 1.807) is 5.56 Å². The molecule has 0 aliphatic heterocycles. The molecule has 0 heterocycles. The second-order valence-electron chi connectivity index (χ2n) is 16.4. The molecule has 0 aromatic heterocycles. The normalized spacial score (nSPS) is 31.3. The predicted octanol–water partition coefficient (Wildman–Crippen LogP) is 9.41. The number of rotatable bonds is 7. The van der Waals surface area contributed by atoms with E-state index in [2.05, 4.69) is 92.9 Å². The molecule has 0 saturated heterocycles. The highest BCUT2D eigenvalue weighted by atomic mass is 28.4. The molecule has 2 fully saturated rings. The molecule has 1 aromatic carbocycles. The average molecular weight is 573 g/mol. The number of hydrogen-bond donors (Lipinski definition) is 1. The zero-order valence-electron chi connectivity index (χ0n) is 26.7. The van der Waals surface area contributed by atoms with E-state index in [0.717, 1.165) is 25.0 Å². The van der Waals surface area contributed by atoms with Gasteiger partial charge in [0.2, 0.25) is 8.32 Å². The van der Waals surface area contributed by atoms with Gasteiger partial charge in [0, 0.05) is 6.42 Å². The van der Waals surface area contributed by atoms with Crippen molar-refractivity contribution < 1.29 is 18.8 Å². The summed E-state index contributed by atoms with van der Waals surface area (Å²) in [5, 5.41) is 9.87. The Bertz CT molecular complexity index is 1070. The second-order valence-corrected chi connectivity index (χ2v) is 25.9. The van der Waals surface area contributed by atoms with Gasteiger partial charge in [0.15, 0.2) is 8.32 Å². The Morgan fingerprint density at radius 3 is 2.26 bits per heavy atom. The van der Waals surface area contributed by atoms with Crippen molar-refractivity contribution in [2.45, 2.75) is 142 Å². The Labute approximate surface area is 240 Å². The molecule has 0 radical (unpaired) electrons. The van der Waals surface area contributed by atoms with Crippen LogP contribution < -0.4 is 4.43 Å². The monoisotopic (exact) mass is 572 g/mol. The maximum atomic E-state index is 11.6. The molecular weight excluding hydrogens is 517 g/mol. The van der Waals surface area contributed by atoms with Crippen LogP contribution in [0.25, 0.3) is 0 Å². The third-order valence-electron chi connectivity index (χ3n) is 11.9. The molecule has 0 spiro atoms. The summed E-state index contributed by atoms with van der Waals surface area (Å²) in [5.41, 5.74) is 3.17. The standard InChI is InChI=1S/C33H56O4Si2/c1-31(2,3)38(8,9)36-24-14-16-25-22(20-24)12-15-27-26(25)18-19-33(7)28(27)21-23(13-17-29(34)35)30(33)37-39(10,11)32(4,5)6/h14,16,20,23,26-28,30H,12-13,15,17-19,21H2,1-11H3,(H,34,35)/t23-,26-,27-,28+,30+,33+/m1/s1. The van der Waals surface area contributed by atoms with Crippen LogP contribution in [-0.4, -0.2) is 33.8 Å². The maximum Gasteiger partial charge on any atom is 0.303 e. The van der Waals surface area contributed by atoms with Crippen LogP contribution in [0.4, 0.5) is 0 Å². The van der Waals surface area contributed by atoms with E-state index in [0.29, 0.717) is 23.7 Å². The minimum Gasteiger partial charge on any atom is -0.543 e. The second kappa shape index (κ2) is 10.3. The number of benzene rings is 1. The van der Waals surface area contributed by atoms with E-state index in [4.69, 9.17) is 8.85 Å². The average Bonchev–Trinajstić information content (AvgIpc) is 3.06. The number of fused-ring (bicyclic) bond motifs is 5. The largest absolute Gasteiger partial charge is 0.543 e. The Morgan fingerprint density at radius 1 is 1.03 bits per heavy atom. The molecular formula is C33H56O4Si2. The number of carbonyl (C=O) groups is 1. The van der Waals surface area contributed by atoms with Gasteiger partial charge >= 0.3 is 5.97 Å². The van der Waals surface area contributed by atoms with Crippen molar-refractivity contribution in [2.24, 2.45) is 23.2 Å². The lowest BCUT2D eigenvalue weighted by Crippen LogP contribution is -2.51. The van der Waals surface area contributed by atoms with Crippen molar-refractivity contribution in [1.29, 1.82) is 0 Å². The first kappa shape index (κ1) is 30.8. The SMILES string of the molecule is CC(C)(C)[Si](C)(C)Oc1ccc2c(c1)CC[C@@H]1[C@@H]2CC[C@@]2(C)[C@H]1C[C@@H](CCC(=O)O)[C@@H]2O[Si](C)(C)C(C)(C)C. The van der Waals surface area contributed by atoms with Crippen molar-refractivity contribution in [2.75, 3.05) is 0 Å². The Hall–Kier alpha value is -1.12. The van der Waals surface area contributed by atoms with Gasteiger partial charge in [-0.1, -0.05) is 54.5 Å². The van der Waals surface area contributed by atoms with Gasteiger partial charge in [-0.2, -0.15) is 0 Å². The molecule has 1 aromatic rings. The quantitative estimate of drug-likeness (QED) is 0.331. The lowest BCUT2D eigenvalue weighted by Gasteiger charge is -2.52. The summed E-state index contributed by atoms with van der Waals surface area (Å²) in [6.45, 7) is 25.7. The van der Waals surface area contributed by atoms with E-state index in [1.165, 1.54) is 24.8 Å². The van der Waals surface area contributed by atoms with Crippen molar-refractivity contribution >= 4 is 22.6 Å². The van der Waals surface area contributed by atoms with E-state index in [9.17, 15) is 9.90 Å². The number of hydrogen-bond acceptors (Lipinski definition) is 3. The van der Waals surface area contributed by atoms with Crippen molar-refractivity contribution in [3.8, 4) is 5.75 Å². The minimum absolute atomic E-state index is 0.128. The summed E-state index contributed by atoms with van der Waals surface area (Å²) in [5.74, 6) is 2.56. The molecule has 0 amide bonds. The number of aliphatic carboxylic acids is 1. The summed E-state index contributed by atoms with van der Waals surface area (Å²) < 4.78 is 13.9. The molecule has 2 saturated carbocycles. The molecule has 4 nitrogen and oxygen atoms in total. The molecule has 4 rings (SSSR count). The third-order valence-corrected chi connectivity index (χ3v) is 20.7. The summed E-state index contributed by atoms with van der Waals surface area (Å²) >= 11 is 0. The molecule has 3 aliphatic rings. The fourth-order valence-corrected chi connectivity index (χ4v) is 9.98. The highest BCUT2D eigenvalue weighted by Crippen LogP contribution is 2.64. The minimum atomic E-state index is -1.99. The topological polar surface area (TPSA) is 55.8 Å². The first-order valence-corrected chi connectivity index (χ1v) is 21.3. The van der Waals surface area contributed by atoms with Crippen LogP contribution in [0.5, 0.6) is 5.75 Å². The summed E-state index contributed by atoms with van der Waals surface area (Å²) in [7, 11) is -3.86. The van der Waals surface area contributed by atoms with Crippen LogP contribution in [0, 0.1) is 23.2 Å². The van der Waals surface area contributed by atoms with Crippen LogP contribution in [0.2, 0.25) is 36.3 Å². The van der Waals surface area contributed by atoms with E-state index < -0.39 is 22.6 Å². The number of aryl methyl sites for hydroxylation is 1. The fourth-order valence-electron chi connectivity index (χ4n) is 7.51. The van der Waals surface area contributed by atoms with E-state index in [1.807, 2.05) is 0 Å². The van der Waals surface area contributed by atoms with Crippen LogP contribution in [0.1, 0.15) is 104 Å². The molecule has 0 unspecified atom stereocenters. The number of carboxylic acid groups (broad SMARTS) is 1. The molecule has 0 bridgehead atoms. The highest BCUT2D eigenvalue weighted by Gasteiger charge is 2.60. The van der Waals surface area contributed by atoms with Gasteiger partial charge in [0.05, 0.1) is 6.10 Å². The van der Waals surface area contributed by atoms with Gasteiger partial charge in [-0.3, -0.25) is 4.79 Å². The first-order chi connectivity index (χ1) is 17.8. The molecule has 39 heavy (non-hydrogen) atoms. The lowest BCUT2D eigenvalue weighted by atomic mass is 9.55. The molecule has 3 aliphatic carbocycles. The van der Waals surface area contributed by atoms with Crippen LogP contribution in [0.15, 0.2) is 18.2 Å². The lowest BCUT2D eigenvalue weighted by molar-refractivity contribution is -0.137.